The van der Waals surface area contributed by atoms with Crippen molar-refractivity contribution in [2.24, 2.45) is 0 Å². The van der Waals surface area contributed by atoms with Crippen molar-refractivity contribution in [1.29, 1.82) is 0 Å². The predicted octanol–water partition coefficient (Wildman–Crippen LogP) is 16.6. The minimum Gasteiger partial charge on any atom is -0.308 e. The Kier molecular flexibility index (Phi) is 7.80. The topological polar surface area (TPSA) is 17.8 Å². The molecule has 0 saturated carbocycles. The highest BCUT2D eigenvalue weighted by molar-refractivity contribution is 7.26. The molecule has 0 aliphatic heterocycles. The van der Waals surface area contributed by atoms with Gasteiger partial charge in [-0.15, -0.1) is 11.3 Å². The summed E-state index contributed by atoms with van der Waals surface area (Å²) in [6.45, 7) is 0. The molecule has 1 aliphatic rings. The van der Waals surface area contributed by atoms with Crippen LogP contribution in [0.1, 0.15) is 22.3 Å². The molecule has 2 nitrogen and oxygen atoms in total. The Morgan fingerprint density at radius 3 is 1.78 bits per heavy atom. The van der Waals surface area contributed by atoms with E-state index >= 15 is 0 Å². The zero-order valence-electron chi connectivity index (χ0n) is 35.2. The van der Waals surface area contributed by atoms with Crippen LogP contribution in [0.4, 0.5) is 0 Å². The first-order valence-corrected chi connectivity index (χ1v) is 23.2. The zero-order valence-corrected chi connectivity index (χ0v) is 36.1. The van der Waals surface area contributed by atoms with Crippen molar-refractivity contribution in [3.8, 4) is 39.2 Å². The molecule has 14 rings (SSSR count). The molecule has 65 heavy (non-hydrogen) atoms. The quantitative estimate of drug-likeness (QED) is 0.158. The van der Waals surface area contributed by atoms with E-state index in [1.807, 2.05) is 11.3 Å². The van der Waals surface area contributed by atoms with E-state index in [4.69, 9.17) is 4.98 Å². The lowest BCUT2D eigenvalue weighted by molar-refractivity contribution is 0.769. The van der Waals surface area contributed by atoms with Crippen LogP contribution in [0.25, 0.3) is 103 Å². The number of benzene rings is 10. The van der Waals surface area contributed by atoms with Gasteiger partial charge in [-0.2, -0.15) is 0 Å². The molecule has 0 atom stereocenters. The van der Waals surface area contributed by atoms with E-state index in [0.717, 1.165) is 22.2 Å². The summed E-state index contributed by atoms with van der Waals surface area (Å²) in [5.41, 5.74) is 16.4. The summed E-state index contributed by atoms with van der Waals surface area (Å²) >= 11 is 1.89. The average Bonchev–Trinajstić information content (AvgIpc) is 4.03. The maximum atomic E-state index is 5.42. The lowest BCUT2D eigenvalue weighted by atomic mass is 9.67. The van der Waals surface area contributed by atoms with E-state index in [2.05, 4.69) is 235 Å². The third kappa shape index (κ3) is 5.13. The van der Waals surface area contributed by atoms with Crippen LogP contribution in [-0.2, 0) is 5.41 Å². The van der Waals surface area contributed by atoms with Crippen molar-refractivity contribution in [2.45, 2.75) is 5.41 Å². The smallest absolute Gasteiger partial charge is 0.0789 e. The number of hydrogen-bond donors (Lipinski definition) is 0. The zero-order chi connectivity index (χ0) is 42.6. The molecule has 3 aromatic heterocycles. The van der Waals surface area contributed by atoms with Gasteiger partial charge >= 0.3 is 0 Å². The molecule has 1 aliphatic carbocycles. The fourth-order valence-corrected chi connectivity index (χ4v) is 12.5. The van der Waals surface area contributed by atoms with E-state index in [0.29, 0.717) is 0 Å². The standard InChI is InChI=1S/C62H38N2S/c1-4-18-39(19-5-1)60-50-38-56(61-59(48-27-13-17-31-57(48)65-61)58(50)47-26-11-15-29-53(47)63-60)64-54-30-16-12-25-46(54)49-36-40(33-35-55(49)64)41-32-34-45-44-24-10-14-28-51(44)62(52(45)37-41,42-20-6-2-7-21-42)43-22-8-3-9-23-43/h1-38H. The van der Waals surface area contributed by atoms with Crippen LogP contribution in [0.15, 0.2) is 231 Å². The molecular weight excluding hydrogens is 805 g/mol. The number of fused-ring (bicyclic) bond motifs is 13. The van der Waals surface area contributed by atoms with E-state index < -0.39 is 5.41 Å². The Morgan fingerprint density at radius 2 is 0.985 bits per heavy atom. The Balaban J connectivity index is 1.04. The molecule has 0 unspecified atom stereocenters. The second-order valence-corrected chi connectivity index (χ2v) is 18.4. The highest BCUT2D eigenvalue weighted by Gasteiger charge is 2.46. The van der Waals surface area contributed by atoms with Gasteiger partial charge in [0.2, 0.25) is 0 Å². The lowest BCUT2D eigenvalue weighted by Crippen LogP contribution is -2.28. The van der Waals surface area contributed by atoms with Crippen molar-refractivity contribution in [1.82, 2.24) is 9.55 Å². The maximum absolute atomic E-state index is 5.42. The molecule has 0 bridgehead atoms. The molecule has 0 amide bonds. The molecule has 10 aromatic carbocycles. The Bertz CT molecular complexity index is 4010. The third-order valence-corrected chi connectivity index (χ3v) is 15.2. The van der Waals surface area contributed by atoms with Gasteiger partial charge in [0.1, 0.15) is 0 Å². The van der Waals surface area contributed by atoms with Gasteiger partial charge in [-0.1, -0.05) is 188 Å². The first kappa shape index (κ1) is 36.4. The van der Waals surface area contributed by atoms with E-state index in [9.17, 15) is 0 Å². The number of pyridine rings is 1. The van der Waals surface area contributed by atoms with Gasteiger partial charge in [0.25, 0.3) is 0 Å². The van der Waals surface area contributed by atoms with Crippen molar-refractivity contribution >= 4 is 75.0 Å². The molecule has 0 radical (unpaired) electrons. The number of aromatic nitrogens is 2. The summed E-state index contributed by atoms with van der Waals surface area (Å²) < 4.78 is 5.07. The number of hydrogen-bond acceptors (Lipinski definition) is 2. The monoisotopic (exact) mass is 842 g/mol. The first-order chi connectivity index (χ1) is 32.3. The average molecular weight is 843 g/mol. The van der Waals surface area contributed by atoms with Crippen LogP contribution in [0.2, 0.25) is 0 Å². The molecule has 0 saturated heterocycles. The summed E-state index contributed by atoms with van der Waals surface area (Å²) in [6, 6.07) is 85.1. The number of nitrogens with zero attached hydrogens (tertiary/aromatic N) is 2. The molecule has 3 heterocycles. The first-order valence-electron chi connectivity index (χ1n) is 22.4. The number of rotatable bonds is 5. The maximum Gasteiger partial charge on any atom is 0.0789 e. The van der Waals surface area contributed by atoms with Gasteiger partial charge in [-0.25, -0.2) is 4.98 Å². The van der Waals surface area contributed by atoms with Crippen molar-refractivity contribution in [3.05, 3.63) is 253 Å². The summed E-state index contributed by atoms with van der Waals surface area (Å²) in [5.74, 6) is 0. The van der Waals surface area contributed by atoms with Crippen LogP contribution >= 0.6 is 11.3 Å². The number of para-hydroxylation sites is 2. The highest BCUT2D eigenvalue weighted by Crippen LogP contribution is 2.57. The van der Waals surface area contributed by atoms with Crippen LogP contribution in [-0.4, -0.2) is 9.55 Å². The Labute approximate surface area is 380 Å². The van der Waals surface area contributed by atoms with Crippen LogP contribution in [0.3, 0.4) is 0 Å². The highest BCUT2D eigenvalue weighted by atomic mass is 32.1. The van der Waals surface area contributed by atoms with Gasteiger partial charge < -0.3 is 4.57 Å². The largest absolute Gasteiger partial charge is 0.308 e. The van der Waals surface area contributed by atoms with Gasteiger partial charge in [-0.05, 0) is 87.0 Å². The fourth-order valence-electron chi connectivity index (χ4n) is 11.3. The molecule has 302 valence electrons. The summed E-state index contributed by atoms with van der Waals surface area (Å²) in [7, 11) is 0. The summed E-state index contributed by atoms with van der Waals surface area (Å²) in [5, 5.41) is 8.62. The van der Waals surface area contributed by atoms with Crippen molar-refractivity contribution in [2.75, 3.05) is 0 Å². The van der Waals surface area contributed by atoms with Crippen molar-refractivity contribution < 1.29 is 0 Å². The van der Waals surface area contributed by atoms with E-state index in [1.165, 1.54) is 103 Å². The van der Waals surface area contributed by atoms with Crippen LogP contribution < -0.4 is 0 Å². The molecule has 13 aromatic rings. The summed E-state index contributed by atoms with van der Waals surface area (Å²) in [6.07, 6.45) is 0. The van der Waals surface area contributed by atoms with Gasteiger partial charge in [-0.3, -0.25) is 0 Å². The third-order valence-electron chi connectivity index (χ3n) is 14.0. The van der Waals surface area contributed by atoms with Crippen molar-refractivity contribution in [3.63, 3.8) is 0 Å². The second kappa shape index (κ2) is 13.9. The molecule has 3 heteroatoms. The number of thiophene rings is 1. The second-order valence-electron chi connectivity index (χ2n) is 17.3. The predicted molar refractivity (Wildman–Crippen MR) is 275 cm³/mol. The molecule has 0 N–H and O–H groups in total. The van der Waals surface area contributed by atoms with Gasteiger partial charge in [0.05, 0.1) is 38.0 Å². The summed E-state index contributed by atoms with van der Waals surface area (Å²) in [4.78, 5) is 5.42. The normalized spacial score (nSPS) is 13.0. The SMILES string of the molecule is c1ccc(-c2nc3ccccc3c3c2cc(-n2c4ccccc4c4cc(-c5ccc6c(c5)C(c5ccccc5)(c5ccccc5)c5ccccc5-6)ccc42)c2sc4ccccc4c23)cc1. The minimum atomic E-state index is -0.463. The molecular formula is C62H38N2S. The Hall–Kier alpha value is -8.11. The fraction of sp³-hybridized carbons (Fsp3) is 0.0161. The molecule has 0 spiro atoms. The molecule has 0 fully saturated rings. The Morgan fingerprint density at radius 1 is 0.385 bits per heavy atom. The lowest BCUT2D eigenvalue weighted by Gasteiger charge is -2.34. The van der Waals surface area contributed by atoms with E-state index in [1.54, 1.807) is 0 Å². The van der Waals surface area contributed by atoms with Gasteiger partial charge in [0.15, 0.2) is 0 Å². The minimum absolute atomic E-state index is 0.463. The van der Waals surface area contributed by atoms with Crippen LogP contribution in [0, 0.1) is 0 Å². The van der Waals surface area contributed by atoms with Crippen LogP contribution in [0.5, 0.6) is 0 Å². The van der Waals surface area contributed by atoms with E-state index in [-0.39, 0.29) is 0 Å². The van der Waals surface area contributed by atoms with Gasteiger partial charge in [0, 0.05) is 48.0 Å².